The summed E-state index contributed by atoms with van der Waals surface area (Å²) in [5, 5.41) is 83.1. The molecule has 14 atom stereocenters. The average molecular weight is 684 g/mol. The molecular weight excluding hydrogens is 632 g/mol. The molecule has 6 rings (SSSR count). The topological polar surface area (TPSA) is 238 Å². The van der Waals surface area contributed by atoms with Crippen molar-refractivity contribution in [1.82, 2.24) is 0 Å². The van der Waals surface area contributed by atoms with E-state index in [0.29, 0.717) is 19.3 Å². The quantitative estimate of drug-likeness (QED) is 0.112. The van der Waals surface area contributed by atoms with Crippen LogP contribution in [0.1, 0.15) is 70.6 Å². The monoisotopic (exact) mass is 683 g/mol. The number of nitrogens with zero attached hydrogens (tertiary/aromatic N) is 2. The maximum atomic E-state index is 12.2. The van der Waals surface area contributed by atoms with Crippen molar-refractivity contribution < 1.29 is 64.2 Å². The summed E-state index contributed by atoms with van der Waals surface area (Å²) in [7, 11) is 1.71. The second-order valence-electron chi connectivity index (χ2n) is 14.6. The largest absolute Gasteiger partial charge is 0.547 e. The summed E-state index contributed by atoms with van der Waals surface area (Å²) < 4.78 is 28.8. The van der Waals surface area contributed by atoms with Crippen LogP contribution < -0.4 is 5.11 Å². The van der Waals surface area contributed by atoms with Crippen molar-refractivity contribution >= 4 is 12.2 Å². The van der Waals surface area contributed by atoms with Crippen molar-refractivity contribution in [2.24, 2.45) is 22.7 Å². The van der Waals surface area contributed by atoms with Crippen LogP contribution in [-0.2, 0) is 23.7 Å². The number of aliphatic hydroxyl groups is 8. The fraction of sp³-hybridized carbons (Fsp3) is 0.879. The summed E-state index contributed by atoms with van der Waals surface area (Å²) >= 11 is 0. The highest BCUT2D eigenvalue weighted by Crippen LogP contribution is 2.44. The molecule has 0 aromatic heterocycles. The SMILES string of the molecule is COC1CCC(C2CC(O)C3C(CC(O[C@H]4O[C@H](C(=O)[O-])[C@](O)(C[C+]5C=N[CH+][N-]5)[C@@H](O)[C@H]4O)C(OCC4CCCC(O)C4)C3O)[OH+]2)CC1. The molecular formula is C33H51N2O13+. The van der Waals surface area contributed by atoms with Crippen molar-refractivity contribution in [3.05, 3.63) is 18.0 Å². The van der Waals surface area contributed by atoms with Gasteiger partial charge in [0.25, 0.3) is 0 Å². The number of methoxy groups -OCH3 is 1. The molecule has 6 aliphatic rings. The standard InChI is InChI=1S/C33H50N2O13/c1-44-20-7-5-17(6-8-20)22-10-21(37)25-23(46-22)11-24(28(26(25)38)45-14-16-3-2-4-19(36)9-16)47-32-27(39)29(40)33(43,30(48-32)31(41)42)12-18-13-34-15-35-18/h13,15-17,19-30,32,36-40,43H,2-12,14H2,1H3/p+1/t16?,17?,19?,20?,21?,22?,23?,24?,25?,26?,27-,28?,29+,30-,32+,33+/m1/s1. The molecule has 0 amide bonds. The van der Waals surface area contributed by atoms with Crippen molar-refractivity contribution in [2.45, 2.75) is 150 Å². The lowest BCUT2D eigenvalue weighted by Gasteiger charge is -2.51. The molecule has 3 heterocycles. The number of hydrogen-bond acceptors (Lipinski definition) is 13. The summed E-state index contributed by atoms with van der Waals surface area (Å²) in [6, 6.07) is 0.170. The van der Waals surface area contributed by atoms with E-state index in [1.54, 1.807) is 7.11 Å². The zero-order valence-electron chi connectivity index (χ0n) is 27.3. The minimum Gasteiger partial charge on any atom is -0.547 e. The summed E-state index contributed by atoms with van der Waals surface area (Å²) in [5.41, 5.74) is -2.52. The lowest BCUT2D eigenvalue weighted by molar-refractivity contribution is -0.379. The smallest absolute Gasteiger partial charge is 0.301 e. The Hall–Kier alpha value is -1.60. The molecule has 3 saturated carbocycles. The lowest BCUT2D eigenvalue weighted by Crippen LogP contribution is -2.71. The molecule has 2 saturated heterocycles. The number of fused-ring (bicyclic) bond motifs is 1. The number of aliphatic carboxylic acids is 1. The molecule has 9 unspecified atom stereocenters. The van der Waals surface area contributed by atoms with Crippen LogP contribution >= 0.6 is 0 Å². The number of carboxylic acids is 1. The van der Waals surface area contributed by atoms with Gasteiger partial charge in [0.05, 0.1) is 55.7 Å². The molecule has 3 aliphatic heterocycles. The van der Waals surface area contributed by atoms with Gasteiger partial charge in [0.2, 0.25) is 0 Å². The van der Waals surface area contributed by atoms with Gasteiger partial charge in [-0.3, -0.25) is 5.32 Å². The van der Waals surface area contributed by atoms with Gasteiger partial charge in [-0.2, -0.15) is 0 Å². The Morgan fingerprint density at radius 3 is 2.52 bits per heavy atom. The highest BCUT2D eigenvalue weighted by Gasteiger charge is 2.61. The maximum absolute atomic E-state index is 12.2. The highest BCUT2D eigenvalue weighted by atomic mass is 16.7. The van der Waals surface area contributed by atoms with Gasteiger partial charge in [-0.05, 0) is 50.9 Å². The Labute approximate surface area is 280 Å². The molecule has 0 aromatic carbocycles. The van der Waals surface area contributed by atoms with E-state index in [9.17, 15) is 40.5 Å². The first-order valence-corrected chi connectivity index (χ1v) is 17.4. The summed E-state index contributed by atoms with van der Waals surface area (Å²) in [5.74, 6) is -2.20. The fourth-order valence-electron chi connectivity index (χ4n) is 8.89. The van der Waals surface area contributed by atoms with Crippen molar-refractivity contribution in [3.8, 4) is 0 Å². The molecule has 0 bridgehead atoms. The second-order valence-corrected chi connectivity index (χ2v) is 14.6. The molecule has 3 aliphatic carbocycles. The van der Waals surface area contributed by atoms with Crippen LogP contribution in [0.25, 0.3) is 5.32 Å². The molecule has 270 valence electrons. The van der Waals surface area contributed by atoms with Gasteiger partial charge in [0, 0.05) is 25.9 Å². The Morgan fingerprint density at radius 1 is 1.08 bits per heavy atom. The number of aliphatic imine (C=N–C) groups is 1. The third kappa shape index (κ3) is 7.53. The molecule has 48 heavy (non-hydrogen) atoms. The summed E-state index contributed by atoms with van der Waals surface area (Å²) in [4.78, 5) is 16.0. The van der Waals surface area contributed by atoms with E-state index in [1.165, 1.54) is 12.9 Å². The van der Waals surface area contributed by atoms with Gasteiger partial charge < -0.3 is 64.2 Å². The maximum Gasteiger partial charge on any atom is 0.301 e. The van der Waals surface area contributed by atoms with Crippen LogP contribution in [0.3, 0.4) is 0 Å². The van der Waals surface area contributed by atoms with E-state index in [-0.39, 0.29) is 43.1 Å². The van der Waals surface area contributed by atoms with Gasteiger partial charge in [0.15, 0.2) is 30.1 Å². The van der Waals surface area contributed by atoms with Crippen molar-refractivity contribution in [2.75, 3.05) is 13.7 Å². The van der Waals surface area contributed by atoms with E-state index in [1.807, 2.05) is 0 Å². The Bertz CT molecular complexity index is 1110. The number of ether oxygens (including phenoxy) is 5. The highest BCUT2D eigenvalue weighted by molar-refractivity contribution is 5.82. The molecule has 0 aromatic rings. The predicted molar refractivity (Wildman–Crippen MR) is 165 cm³/mol. The second kappa shape index (κ2) is 15.3. The Balaban J connectivity index is 1.20. The van der Waals surface area contributed by atoms with E-state index < -0.39 is 85.1 Å². The van der Waals surface area contributed by atoms with Crippen LogP contribution in [0.15, 0.2) is 4.99 Å². The Kier molecular flexibility index (Phi) is 11.6. The average Bonchev–Trinajstić information content (AvgIpc) is 3.57. The summed E-state index contributed by atoms with van der Waals surface area (Å²) in [6.07, 6.45) is -4.95. The fourth-order valence-corrected chi connectivity index (χ4v) is 8.89. The van der Waals surface area contributed by atoms with E-state index >= 15 is 0 Å². The summed E-state index contributed by atoms with van der Waals surface area (Å²) in [6.45, 7) is 1.40. The van der Waals surface area contributed by atoms with Crippen LogP contribution in [0.2, 0.25) is 0 Å². The van der Waals surface area contributed by atoms with Gasteiger partial charge in [0.1, 0.15) is 30.8 Å². The number of aliphatic hydroxyl groups excluding tert-OH is 5. The Morgan fingerprint density at radius 2 is 1.85 bits per heavy atom. The number of hydrogen-bond donors (Lipinski definition) is 6. The zero-order chi connectivity index (χ0) is 34.2. The van der Waals surface area contributed by atoms with Gasteiger partial charge >= 0.3 is 6.21 Å². The molecule has 5 fully saturated rings. The van der Waals surface area contributed by atoms with Crippen LogP contribution in [0.4, 0.5) is 0 Å². The number of carboxylic acid groups (broad SMARTS) is 1. The lowest BCUT2D eigenvalue weighted by atomic mass is 9.71. The first kappa shape index (κ1) is 36.2. The van der Waals surface area contributed by atoms with Crippen molar-refractivity contribution in [1.29, 1.82) is 0 Å². The number of carbonyl (C=O) groups excluding carboxylic acids is 1. The van der Waals surface area contributed by atoms with Gasteiger partial charge in [-0.25, -0.2) is 0 Å². The van der Waals surface area contributed by atoms with E-state index in [2.05, 4.69) is 10.3 Å². The first-order chi connectivity index (χ1) is 23.0. The first-order valence-electron chi connectivity index (χ1n) is 17.4. The van der Waals surface area contributed by atoms with Gasteiger partial charge in [-0.1, -0.05) is 11.4 Å². The minimum absolute atomic E-state index is 0.0296. The van der Waals surface area contributed by atoms with E-state index in [0.717, 1.165) is 38.5 Å². The molecule has 15 heteroatoms. The van der Waals surface area contributed by atoms with Crippen LogP contribution in [0, 0.1) is 30.5 Å². The zero-order valence-corrected chi connectivity index (χ0v) is 27.3. The van der Waals surface area contributed by atoms with Gasteiger partial charge in [-0.15, -0.1) is 0 Å². The number of rotatable bonds is 10. The van der Waals surface area contributed by atoms with Crippen LogP contribution in [0.5, 0.6) is 0 Å². The third-order valence-electron chi connectivity index (χ3n) is 11.5. The minimum atomic E-state index is -2.52. The molecule has 0 radical (unpaired) electrons. The van der Waals surface area contributed by atoms with Crippen LogP contribution in [-0.4, -0.2) is 140 Å². The molecule has 7 N–H and O–H groups in total. The molecule has 15 nitrogen and oxygen atoms in total. The normalized spacial score (nSPS) is 48.1. The third-order valence-corrected chi connectivity index (χ3v) is 11.5. The predicted octanol–water partition coefficient (Wildman–Crippen LogP) is -1.65. The molecule has 0 spiro atoms. The van der Waals surface area contributed by atoms with Crippen molar-refractivity contribution in [3.63, 3.8) is 0 Å². The van der Waals surface area contributed by atoms with E-state index in [4.69, 9.17) is 23.7 Å². The number of carbonyl (C=O) groups is 1.